The van der Waals surface area contributed by atoms with Gasteiger partial charge < -0.3 is 5.73 Å². The van der Waals surface area contributed by atoms with Crippen LogP contribution in [0.2, 0.25) is 0 Å². The Hall–Kier alpha value is -0.860. The first-order valence-electron chi connectivity index (χ1n) is 6.76. The fourth-order valence-electron chi connectivity index (χ4n) is 3.56. The summed E-state index contributed by atoms with van der Waals surface area (Å²) in [6, 6.07) is 9.18. The van der Waals surface area contributed by atoms with Gasteiger partial charge in [-0.15, -0.1) is 0 Å². The minimum atomic E-state index is 0.460. The minimum Gasteiger partial charge on any atom is -0.327 e. The second-order valence-corrected chi connectivity index (χ2v) is 5.79. The summed E-state index contributed by atoms with van der Waals surface area (Å²) in [6.07, 6.45) is 2.59. The predicted octanol–water partition coefficient (Wildman–Crippen LogP) is 2.16. The second kappa shape index (κ2) is 4.43. The zero-order valence-electron chi connectivity index (χ0n) is 10.6. The summed E-state index contributed by atoms with van der Waals surface area (Å²) in [5, 5.41) is 0. The Morgan fingerprint density at radius 2 is 2.06 bits per heavy atom. The molecule has 2 N–H and O–H groups in total. The summed E-state index contributed by atoms with van der Waals surface area (Å²) in [4.78, 5) is 2.59. The van der Waals surface area contributed by atoms with Gasteiger partial charge in [-0.05, 0) is 42.7 Å². The van der Waals surface area contributed by atoms with Crippen LogP contribution in [-0.2, 0) is 6.54 Å². The number of hydrogen-bond donors (Lipinski definition) is 1. The van der Waals surface area contributed by atoms with Gasteiger partial charge >= 0.3 is 0 Å². The lowest BCUT2D eigenvalue weighted by Gasteiger charge is -2.19. The molecule has 1 aromatic carbocycles. The molecule has 0 bridgehead atoms. The Balaban J connectivity index is 1.67. The van der Waals surface area contributed by atoms with Crippen LogP contribution in [0.5, 0.6) is 0 Å². The molecule has 1 saturated heterocycles. The molecule has 1 aliphatic heterocycles. The molecule has 2 nitrogen and oxygen atoms in total. The third kappa shape index (κ3) is 2.12. The van der Waals surface area contributed by atoms with Crippen LogP contribution in [0.15, 0.2) is 24.3 Å². The molecule has 1 aliphatic carbocycles. The number of likely N-dealkylation sites (tertiary alicyclic amines) is 1. The highest BCUT2D eigenvalue weighted by molar-refractivity contribution is 5.25. The maximum atomic E-state index is 6.18. The highest BCUT2D eigenvalue weighted by atomic mass is 15.2. The van der Waals surface area contributed by atoms with Crippen molar-refractivity contribution in [3.05, 3.63) is 35.4 Å². The molecule has 3 rings (SSSR count). The van der Waals surface area contributed by atoms with Crippen molar-refractivity contribution in [3.63, 3.8) is 0 Å². The van der Waals surface area contributed by atoms with Gasteiger partial charge in [0, 0.05) is 25.7 Å². The molecule has 3 atom stereocenters. The van der Waals surface area contributed by atoms with Crippen molar-refractivity contribution >= 4 is 0 Å². The van der Waals surface area contributed by atoms with E-state index in [2.05, 4.69) is 36.1 Å². The summed E-state index contributed by atoms with van der Waals surface area (Å²) < 4.78 is 0. The second-order valence-electron chi connectivity index (χ2n) is 5.79. The summed E-state index contributed by atoms with van der Waals surface area (Å²) in [7, 11) is 0. The molecule has 1 saturated carbocycles. The smallest absolute Gasteiger partial charge is 0.0236 e. The predicted molar refractivity (Wildman–Crippen MR) is 70.6 cm³/mol. The summed E-state index contributed by atoms with van der Waals surface area (Å²) >= 11 is 0. The molecule has 3 unspecified atom stereocenters. The summed E-state index contributed by atoms with van der Waals surface area (Å²) in [5.74, 6) is 1.63. The van der Waals surface area contributed by atoms with Crippen molar-refractivity contribution in [1.82, 2.24) is 4.90 Å². The summed E-state index contributed by atoms with van der Waals surface area (Å²) in [5.41, 5.74) is 9.06. The standard InChI is InChI=1S/C15H22N2/c1-11-4-2-3-5-12(11)8-17-9-13-6-7-15(16)14(13)10-17/h2-5,13-15H,6-10,16H2,1H3. The monoisotopic (exact) mass is 230 g/mol. The average molecular weight is 230 g/mol. The molecule has 2 heteroatoms. The van der Waals surface area contributed by atoms with E-state index in [1.807, 2.05) is 0 Å². The van der Waals surface area contributed by atoms with Crippen LogP contribution in [0.3, 0.4) is 0 Å². The number of aryl methyl sites for hydroxylation is 1. The molecule has 2 aliphatic rings. The molecular formula is C15H22N2. The van der Waals surface area contributed by atoms with Crippen molar-refractivity contribution in [2.24, 2.45) is 17.6 Å². The van der Waals surface area contributed by atoms with Gasteiger partial charge in [0.25, 0.3) is 0 Å². The lowest BCUT2D eigenvalue weighted by Crippen LogP contribution is -2.30. The Kier molecular flexibility index (Phi) is 2.93. The van der Waals surface area contributed by atoms with Crippen molar-refractivity contribution in [2.45, 2.75) is 32.4 Å². The van der Waals surface area contributed by atoms with Crippen molar-refractivity contribution in [1.29, 1.82) is 0 Å². The van der Waals surface area contributed by atoms with Crippen LogP contribution >= 0.6 is 0 Å². The Morgan fingerprint density at radius 3 is 2.82 bits per heavy atom. The number of hydrogen-bond acceptors (Lipinski definition) is 2. The maximum absolute atomic E-state index is 6.18. The van der Waals surface area contributed by atoms with Crippen LogP contribution in [-0.4, -0.2) is 24.0 Å². The van der Waals surface area contributed by atoms with Gasteiger partial charge in [0.05, 0.1) is 0 Å². The van der Waals surface area contributed by atoms with E-state index in [-0.39, 0.29) is 0 Å². The topological polar surface area (TPSA) is 29.3 Å². The Morgan fingerprint density at radius 1 is 1.24 bits per heavy atom. The van der Waals surface area contributed by atoms with E-state index in [1.54, 1.807) is 0 Å². The lowest BCUT2D eigenvalue weighted by molar-refractivity contribution is 0.297. The van der Waals surface area contributed by atoms with E-state index in [9.17, 15) is 0 Å². The first kappa shape index (κ1) is 11.2. The van der Waals surface area contributed by atoms with Crippen molar-refractivity contribution in [2.75, 3.05) is 13.1 Å². The van der Waals surface area contributed by atoms with E-state index < -0.39 is 0 Å². The van der Waals surface area contributed by atoms with Crippen LogP contribution < -0.4 is 5.73 Å². The molecule has 2 fully saturated rings. The van der Waals surface area contributed by atoms with Crippen LogP contribution in [0.25, 0.3) is 0 Å². The number of nitrogens with two attached hydrogens (primary N) is 1. The van der Waals surface area contributed by atoms with E-state index in [0.717, 1.165) is 18.4 Å². The number of rotatable bonds is 2. The van der Waals surface area contributed by atoms with Gasteiger partial charge in [0.2, 0.25) is 0 Å². The number of nitrogens with zero attached hydrogens (tertiary/aromatic N) is 1. The SMILES string of the molecule is Cc1ccccc1CN1CC2CCC(N)C2C1. The minimum absolute atomic E-state index is 0.460. The van der Waals surface area contributed by atoms with Gasteiger partial charge in [-0.2, -0.15) is 0 Å². The average Bonchev–Trinajstić information content (AvgIpc) is 2.85. The lowest BCUT2D eigenvalue weighted by atomic mass is 9.98. The summed E-state index contributed by atoms with van der Waals surface area (Å²) in [6.45, 7) is 5.78. The first-order valence-corrected chi connectivity index (χ1v) is 6.76. The largest absolute Gasteiger partial charge is 0.327 e. The van der Waals surface area contributed by atoms with Gasteiger partial charge in [-0.1, -0.05) is 24.3 Å². The third-order valence-corrected chi connectivity index (χ3v) is 4.64. The molecule has 17 heavy (non-hydrogen) atoms. The van der Waals surface area contributed by atoms with E-state index in [4.69, 9.17) is 5.73 Å². The van der Waals surface area contributed by atoms with Crippen LogP contribution in [0, 0.1) is 18.8 Å². The van der Waals surface area contributed by atoms with Gasteiger partial charge in [0.15, 0.2) is 0 Å². The van der Waals surface area contributed by atoms with Crippen LogP contribution in [0.1, 0.15) is 24.0 Å². The van der Waals surface area contributed by atoms with E-state index in [1.165, 1.54) is 37.1 Å². The normalized spacial score (nSPS) is 32.9. The molecule has 0 radical (unpaired) electrons. The molecule has 92 valence electrons. The third-order valence-electron chi connectivity index (χ3n) is 4.64. The first-order chi connectivity index (χ1) is 8.24. The van der Waals surface area contributed by atoms with Gasteiger partial charge in [0.1, 0.15) is 0 Å². The molecule has 1 heterocycles. The van der Waals surface area contributed by atoms with Crippen LogP contribution in [0.4, 0.5) is 0 Å². The number of fused-ring (bicyclic) bond motifs is 1. The molecular weight excluding hydrogens is 208 g/mol. The highest BCUT2D eigenvalue weighted by Gasteiger charge is 2.40. The van der Waals surface area contributed by atoms with Crippen molar-refractivity contribution < 1.29 is 0 Å². The Bertz CT molecular complexity index is 402. The molecule has 0 spiro atoms. The quantitative estimate of drug-likeness (QED) is 0.843. The van der Waals surface area contributed by atoms with Gasteiger partial charge in [-0.25, -0.2) is 0 Å². The van der Waals surface area contributed by atoms with Gasteiger partial charge in [-0.3, -0.25) is 4.90 Å². The van der Waals surface area contributed by atoms with E-state index >= 15 is 0 Å². The zero-order chi connectivity index (χ0) is 11.8. The number of benzene rings is 1. The Labute approximate surface area is 104 Å². The molecule has 1 aromatic rings. The fraction of sp³-hybridized carbons (Fsp3) is 0.600. The molecule has 0 amide bonds. The highest BCUT2D eigenvalue weighted by Crippen LogP contribution is 2.37. The van der Waals surface area contributed by atoms with E-state index in [0.29, 0.717) is 6.04 Å². The van der Waals surface area contributed by atoms with Crippen molar-refractivity contribution in [3.8, 4) is 0 Å². The zero-order valence-corrected chi connectivity index (χ0v) is 10.6. The maximum Gasteiger partial charge on any atom is 0.0236 e. The molecule has 0 aromatic heterocycles. The fourth-order valence-corrected chi connectivity index (χ4v) is 3.56.